The lowest BCUT2D eigenvalue weighted by Gasteiger charge is -2.19. The van der Waals surface area contributed by atoms with Crippen LogP contribution in [0, 0.1) is 17.1 Å². The molecule has 0 saturated heterocycles. The first-order chi connectivity index (χ1) is 9.29. The summed E-state index contributed by atoms with van der Waals surface area (Å²) in [6.45, 7) is 1.01. The van der Waals surface area contributed by atoms with Crippen LogP contribution in [0.3, 0.4) is 0 Å². The highest BCUT2D eigenvalue weighted by Crippen LogP contribution is 2.35. The van der Waals surface area contributed by atoms with Gasteiger partial charge in [0.1, 0.15) is 25.1 Å². The summed E-state index contributed by atoms with van der Waals surface area (Å²) in [5, 5.41) is 9.05. The first-order valence-corrected chi connectivity index (χ1v) is 5.88. The van der Waals surface area contributed by atoms with E-state index in [-0.39, 0.29) is 5.56 Å². The van der Waals surface area contributed by atoms with E-state index in [0.29, 0.717) is 30.3 Å². The van der Waals surface area contributed by atoms with Gasteiger partial charge >= 0.3 is 0 Å². The van der Waals surface area contributed by atoms with Crippen molar-refractivity contribution >= 4 is 0 Å². The zero-order chi connectivity index (χ0) is 13.2. The van der Waals surface area contributed by atoms with E-state index in [1.54, 1.807) is 30.3 Å². The minimum Gasteiger partial charge on any atom is -0.486 e. The quantitative estimate of drug-likeness (QED) is 0.786. The monoisotopic (exact) mass is 255 g/mol. The second-order valence-electron chi connectivity index (χ2n) is 4.13. The van der Waals surface area contributed by atoms with Crippen molar-refractivity contribution in [3.63, 3.8) is 0 Å². The minimum absolute atomic E-state index is 0.0409. The SMILES string of the molecule is N#Cc1c(F)cccc1-c1ccc2c(c1)OCCO2. The summed E-state index contributed by atoms with van der Waals surface area (Å²) in [5.41, 5.74) is 1.33. The summed E-state index contributed by atoms with van der Waals surface area (Å²) in [5.74, 6) is 0.775. The Morgan fingerprint density at radius 3 is 2.63 bits per heavy atom. The molecule has 4 heteroatoms. The lowest BCUT2D eigenvalue weighted by molar-refractivity contribution is 0.171. The first kappa shape index (κ1) is 11.5. The van der Waals surface area contributed by atoms with Crippen molar-refractivity contribution in [1.82, 2.24) is 0 Å². The fraction of sp³-hybridized carbons (Fsp3) is 0.133. The molecule has 2 aromatic carbocycles. The molecule has 3 rings (SSSR count). The lowest BCUT2D eigenvalue weighted by atomic mass is 9.99. The zero-order valence-electron chi connectivity index (χ0n) is 10.0. The van der Waals surface area contributed by atoms with Crippen LogP contribution in [0.1, 0.15) is 5.56 Å². The molecule has 0 saturated carbocycles. The molecule has 19 heavy (non-hydrogen) atoms. The van der Waals surface area contributed by atoms with Gasteiger partial charge in [-0.2, -0.15) is 5.26 Å². The Kier molecular flexibility index (Phi) is 2.81. The number of ether oxygens (including phenoxy) is 2. The number of rotatable bonds is 1. The Balaban J connectivity index is 2.13. The topological polar surface area (TPSA) is 42.2 Å². The Morgan fingerprint density at radius 1 is 1.05 bits per heavy atom. The number of halogens is 1. The molecule has 3 nitrogen and oxygen atoms in total. The van der Waals surface area contributed by atoms with Gasteiger partial charge < -0.3 is 9.47 Å². The maximum atomic E-state index is 13.6. The molecule has 0 atom stereocenters. The van der Waals surface area contributed by atoms with Crippen LogP contribution in [0.25, 0.3) is 11.1 Å². The van der Waals surface area contributed by atoms with Gasteiger partial charge in [0.2, 0.25) is 0 Å². The van der Waals surface area contributed by atoms with Crippen molar-refractivity contribution in [3.05, 3.63) is 47.8 Å². The average molecular weight is 255 g/mol. The summed E-state index contributed by atoms with van der Waals surface area (Å²) in [6, 6.07) is 11.8. The van der Waals surface area contributed by atoms with Gasteiger partial charge in [-0.3, -0.25) is 0 Å². The largest absolute Gasteiger partial charge is 0.486 e. The van der Waals surface area contributed by atoms with Crippen molar-refractivity contribution in [2.75, 3.05) is 13.2 Å². The van der Waals surface area contributed by atoms with Crippen molar-refractivity contribution in [2.24, 2.45) is 0 Å². The average Bonchev–Trinajstić information content (AvgIpc) is 2.46. The Hall–Kier alpha value is -2.54. The normalized spacial score (nSPS) is 12.8. The molecule has 0 bridgehead atoms. The van der Waals surface area contributed by atoms with E-state index in [0.717, 1.165) is 5.56 Å². The number of benzene rings is 2. The molecule has 0 N–H and O–H groups in total. The second kappa shape index (κ2) is 4.62. The van der Waals surface area contributed by atoms with E-state index in [4.69, 9.17) is 14.7 Å². The van der Waals surface area contributed by atoms with E-state index >= 15 is 0 Å². The predicted molar refractivity (Wildman–Crippen MR) is 67.5 cm³/mol. The van der Waals surface area contributed by atoms with Gasteiger partial charge in [-0.1, -0.05) is 18.2 Å². The standard InChI is InChI=1S/C15H10FNO2/c16-13-3-1-2-11(12(13)9-17)10-4-5-14-15(8-10)19-7-6-18-14/h1-5,8H,6-7H2. The molecule has 0 amide bonds. The van der Waals surface area contributed by atoms with Crippen LogP contribution in [0.4, 0.5) is 4.39 Å². The molecule has 0 unspecified atom stereocenters. The third kappa shape index (κ3) is 2.00. The highest BCUT2D eigenvalue weighted by molar-refractivity contribution is 5.73. The van der Waals surface area contributed by atoms with E-state index in [9.17, 15) is 4.39 Å². The van der Waals surface area contributed by atoms with Gasteiger partial charge in [0, 0.05) is 5.56 Å². The maximum absolute atomic E-state index is 13.6. The molecule has 0 radical (unpaired) electrons. The third-order valence-electron chi connectivity index (χ3n) is 2.98. The van der Waals surface area contributed by atoms with Crippen LogP contribution in [0.5, 0.6) is 11.5 Å². The molecule has 94 valence electrons. The van der Waals surface area contributed by atoms with Gasteiger partial charge in [0.05, 0.1) is 5.56 Å². The predicted octanol–water partition coefficient (Wildman–Crippen LogP) is 3.14. The van der Waals surface area contributed by atoms with Gasteiger partial charge in [0.25, 0.3) is 0 Å². The summed E-state index contributed by atoms with van der Waals surface area (Å²) in [6.07, 6.45) is 0. The minimum atomic E-state index is -0.519. The van der Waals surface area contributed by atoms with Crippen LogP contribution >= 0.6 is 0 Å². The van der Waals surface area contributed by atoms with E-state index < -0.39 is 5.82 Å². The number of hydrogen-bond donors (Lipinski definition) is 0. The summed E-state index contributed by atoms with van der Waals surface area (Å²) in [7, 11) is 0. The van der Waals surface area contributed by atoms with Gasteiger partial charge in [0.15, 0.2) is 11.5 Å². The smallest absolute Gasteiger partial charge is 0.161 e. The molecule has 1 aliphatic heterocycles. The Morgan fingerprint density at radius 2 is 1.84 bits per heavy atom. The van der Waals surface area contributed by atoms with Gasteiger partial charge in [-0.25, -0.2) is 4.39 Å². The van der Waals surface area contributed by atoms with Gasteiger partial charge in [-0.15, -0.1) is 0 Å². The van der Waals surface area contributed by atoms with Crippen LogP contribution in [0.2, 0.25) is 0 Å². The number of fused-ring (bicyclic) bond motifs is 1. The van der Waals surface area contributed by atoms with Crippen LogP contribution in [-0.4, -0.2) is 13.2 Å². The van der Waals surface area contributed by atoms with Crippen molar-refractivity contribution in [2.45, 2.75) is 0 Å². The first-order valence-electron chi connectivity index (χ1n) is 5.88. The maximum Gasteiger partial charge on any atom is 0.161 e. The van der Waals surface area contributed by atoms with Crippen molar-refractivity contribution < 1.29 is 13.9 Å². The highest BCUT2D eigenvalue weighted by atomic mass is 19.1. The van der Waals surface area contributed by atoms with Crippen molar-refractivity contribution in [1.29, 1.82) is 5.26 Å². The molecule has 1 aliphatic rings. The summed E-state index contributed by atoms with van der Waals surface area (Å²) < 4.78 is 24.5. The summed E-state index contributed by atoms with van der Waals surface area (Å²) in [4.78, 5) is 0. The fourth-order valence-corrected chi connectivity index (χ4v) is 2.09. The number of nitrogens with zero attached hydrogens (tertiary/aromatic N) is 1. The molecular formula is C15H10FNO2. The lowest BCUT2D eigenvalue weighted by Crippen LogP contribution is -2.15. The third-order valence-corrected chi connectivity index (χ3v) is 2.98. The molecule has 0 fully saturated rings. The van der Waals surface area contributed by atoms with E-state index in [1.807, 2.05) is 6.07 Å². The van der Waals surface area contributed by atoms with Crippen LogP contribution in [-0.2, 0) is 0 Å². The van der Waals surface area contributed by atoms with E-state index in [2.05, 4.69) is 0 Å². The van der Waals surface area contributed by atoms with E-state index in [1.165, 1.54) is 6.07 Å². The Bertz CT molecular complexity index is 676. The molecular weight excluding hydrogens is 245 g/mol. The van der Waals surface area contributed by atoms with Crippen molar-refractivity contribution in [3.8, 4) is 28.7 Å². The fourth-order valence-electron chi connectivity index (χ4n) is 2.09. The molecule has 0 spiro atoms. The molecule has 0 aliphatic carbocycles. The van der Waals surface area contributed by atoms with Gasteiger partial charge in [-0.05, 0) is 23.8 Å². The summed E-state index contributed by atoms with van der Waals surface area (Å²) >= 11 is 0. The zero-order valence-corrected chi connectivity index (χ0v) is 10.0. The molecule has 0 aromatic heterocycles. The highest BCUT2D eigenvalue weighted by Gasteiger charge is 2.15. The second-order valence-corrected chi connectivity index (χ2v) is 4.13. The number of hydrogen-bond acceptors (Lipinski definition) is 3. The van der Waals surface area contributed by atoms with Crippen LogP contribution in [0.15, 0.2) is 36.4 Å². The number of nitriles is 1. The molecule has 2 aromatic rings. The Labute approximate surface area is 109 Å². The molecule has 1 heterocycles. The van der Waals surface area contributed by atoms with Crippen LogP contribution < -0.4 is 9.47 Å².